The van der Waals surface area contributed by atoms with Crippen LogP contribution in [0.25, 0.3) is 22.6 Å². The number of hydrogen-bond donors (Lipinski definition) is 1. The van der Waals surface area contributed by atoms with Gasteiger partial charge in [0.15, 0.2) is 11.3 Å². The highest BCUT2D eigenvalue weighted by Gasteiger charge is 2.35. The van der Waals surface area contributed by atoms with Crippen LogP contribution in [0.15, 0.2) is 30.6 Å². The van der Waals surface area contributed by atoms with E-state index in [9.17, 15) is 26.3 Å². The summed E-state index contributed by atoms with van der Waals surface area (Å²) in [5.41, 5.74) is -0.00337. The molecule has 1 aromatic carbocycles. The fraction of sp³-hybridized carbons (Fsp3) is 0.333. The Labute approximate surface area is 199 Å². The van der Waals surface area contributed by atoms with Crippen LogP contribution in [0.4, 0.5) is 26.3 Å². The molecular weight excluding hydrogens is 500 g/mol. The minimum atomic E-state index is -4.59. The zero-order chi connectivity index (χ0) is 25.7. The molecule has 14 heteroatoms. The Balaban J connectivity index is 1.79. The second kappa shape index (κ2) is 9.02. The summed E-state index contributed by atoms with van der Waals surface area (Å²) in [6.45, 7) is 1.75. The Bertz CT molecular complexity index is 1450. The summed E-state index contributed by atoms with van der Waals surface area (Å²) in [4.78, 5) is 11.4. The molecule has 1 unspecified atom stereocenters. The Kier molecular flexibility index (Phi) is 6.38. The zero-order valence-corrected chi connectivity index (χ0v) is 19.0. The number of halogens is 7. The van der Waals surface area contributed by atoms with Gasteiger partial charge in [0.25, 0.3) is 6.43 Å². The third-order valence-corrected chi connectivity index (χ3v) is 5.66. The molecule has 0 spiro atoms. The number of benzene rings is 1. The first kappa shape index (κ1) is 24.8. The minimum Gasteiger partial charge on any atom is -0.333 e. The van der Waals surface area contributed by atoms with Crippen molar-refractivity contribution in [1.29, 1.82) is 5.41 Å². The number of rotatable bonds is 6. The molecule has 0 aliphatic rings. The molecule has 3 heterocycles. The Hall–Kier alpha value is -3.35. The van der Waals surface area contributed by atoms with Gasteiger partial charge in [-0.05, 0) is 29.1 Å². The van der Waals surface area contributed by atoms with Crippen molar-refractivity contribution in [3.8, 4) is 11.4 Å². The molecule has 0 amide bonds. The summed E-state index contributed by atoms with van der Waals surface area (Å²) >= 11 is 5.85. The highest BCUT2D eigenvalue weighted by atomic mass is 35.5. The van der Waals surface area contributed by atoms with Crippen molar-refractivity contribution in [3.05, 3.63) is 58.3 Å². The second-order valence-electron chi connectivity index (χ2n) is 7.74. The number of nitrogens with zero attached hydrogens (tertiary/aromatic N) is 6. The Morgan fingerprint density at radius 3 is 2.46 bits per heavy atom. The highest BCUT2D eigenvalue weighted by Crippen LogP contribution is 2.32. The van der Waals surface area contributed by atoms with Gasteiger partial charge in [0.2, 0.25) is 17.2 Å². The van der Waals surface area contributed by atoms with Gasteiger partial charge in [-0.2, -0.15) is 18.2 Å². The summed E-state index contributed by atoms with van der Waals surface area (Å²) in [6.07, 6.45) is -8.36. The van der Waals surface area contributed by atoms with Gasteiger partial charge in [-0.1, -0.05) is 25.1 Å². The number of fused-ring (bicyclic) bond motifs is 1. The molecule has 0 aliphatic carbocycles. The van der Waals surface area contributed by atoms with Crippen molar-refractivity contribution >= 4 is 22.8 Å². The van der Waals surface area contributed by atoms with E-state index >= 15 is 0 Å². The first-order valence-electron chi connectivity index (χ1n) is 10.2. The van der Waals surface area contributed by atoms with Crippen LogP contribution >= 0.6 is 11.6 Å². The monoisotopic (exact) mass is 517 g/mol. The van der Waals surface area contributed by atoms with E-state index in [0.717, 1.165) is 12.4 Å². The van der Waals surface area contributed by atoms with Crippen molar-refractivity contribution < 1.29 is 26.3 Å². The lowest BCUT2D eigenvalue weighted by atomic mass is 10.0. The number of hydrogen-bond acceptors (Lipinski definition) is 4. The summed E-state index contributed by atoms with van der Waals surface area (Å²) in [7, 11) is 1.46. The number of aryl methyl sites for hydroxylation is 2. The average molecular weight is 518 g/mol. The van der Waals surface area contributed by atoms with E-state index in [1.54, 1.807) is 18.2 Å². The van der Waals surface area contributed by atoms with Gasteiger partial charge in [0, 0.05) is 18.8 Å². The molecule has 4 rings (SSSR count). The molecule has 1 N–H and O–H groups in total. The van der Waals surface area contributed by atoms with Crippen LogP contribution < -0.4 is 5.62 Å². The summed E-state index contributed by atoms with van der Waals surface area (Å²) in [5, 5.41) is 8.09. The third-order valence-electron chi connectivity index (χ3n) is 5.47. The van der Waals surface area contributed by atoms with Crippen LogP contribution in [0.5, 0.6) is 0 Å². The molecule has 186 valence electrons. The highest BCUT2D eigenvalue weighted by molar-refractivity contribution is 6.28. The number of aromatic nitrogens is 6. The summed E-state index contributed by atoms with van der Waals surface area (Å²) in [6, 6.07) is 4.91. The summed E-state index contributed by atoms with van der Waals surface area (Å²) in [5.74, 6) is 0.128. The Morgan fingerprint density at radius 2 is 1.86 bits per heavy atom. The Morgan fingerprint density at radius 1 is 1.14 bits per heavy atom. The largest absolute Gasteiger partial charge is 0.434 e. The van der Waals surface area contributed by atoms with Crippen molar-refractivity contribution in [2.75, 3.05) is 0 Å². The molecule has 0 saturated carbocycles. The first-order chi connectivity index (χ1) is 16.4. The van der Waals surface area contributed by atoms with E-state index in [2.05, 4.69) is 15.0 Å². The summed E-state index contributed by atoms with van der Waals surface area (Å²) < 4.78 is 82.8. The number of nitrogens with one attached hydrogen (secondary N) is 1. The molecule has 0 bridgehead atoms. The molecule has 1 atom stereocenters. The van der Waals surface area contributed by atoms with Crippen LogP contribution in [0, 0.1) is 5.41 Å². The molecule has 7 nitrogen and oxygen atoms in total. The molecule has 0 radical (unpaired) electrons. The van der Waals surface area contributed by atoms with Crippen molar-refractivity contribution in [3.63, 3.8) is 0 Å². The van der Waals surface area contributed by atoms with Gasteiger partial charge in [-0.3, -0.25) is 14.5 Å². The van der Waals surface area contributed by atoms with Crippen molar-refractivity contribution in [1.82, 2.24) is 28.7 Å². The zero-order valence-electron chi connectivity index (χ0n) is 18.3. The maximum Gasteiger partial charge on any atom is 0.434 e. The first-order valence-corrected chi connectivity index (χ1v) is 10.6. The van der Waals surface area contributed by atoms with E-state index in [0.29, 0.717) is 27.7 Å². The van der Waals surface area contributed by atoms with E-state index in [1.165, 1.54) is 16.2 Å². The molecule has 0 fully saturated rings. The van der Waals surface area contributed by atoms with Gasteiger partial charge < -0.3 is 4.57 Å². The van der Waals surface area contributed by atoms with E-state index in [4.69, 9.17) is 17.0 Å². The topological polar surface area (TPSA) is 77.3 Å². The fourth-order valence-electron chi connectivity index (χ4n) is 3.86. The average Bonchev–Trinajstić information content (AvgIpc) is 3.31. The number of imidazole rings is 2. The van der Waals surface area contributed by atoms with Crippen molar-refractivity contribution in [2.45, 2.75) is 38.8 Å². The lowest BCUT2D eigenvalue weighted by molar-refractivity contribution is -0.140. The van der Waals surface area contributed by atoms with Crippen LogP contribution in [0.1, 0.15) is 30.0 Å². The lowest BCUT2D eigenvalue weighted by Gasteiger charge is -2.12. The molecule has 3 aromatic heterocycles. The van der Waals surface area contributed by atoms with E-state index in [-0.39, 0.29) is 28.8 Å². The van der Waals surface area contributed by atoms with Gasteiger partial charge in [-0.15, -0.1) is 0 Å². The predicted octanol–water partition coefficient (Wildman–Crippen LogP) is 5.13. The molecule has 4 aromatic rings. The van der Waals surface area contributed by atoms with Gasteiger partial charge in [-0.25, -0.2) is 23.1 Å². The molecule has 35 heavy (non-hydrogen) atoms. The van der Waals surface area contributed by atoms with Crippen LogP contribution in [0.2, 0.25) is 5.28 Å². The number of alkyl halides is 6. The minimum absolute atomic E-state index is 0.0145. The molecule has 0 saturated heterocycles. The smallest absolute Gasteiger partial charge is 0.333 e. The second-order valence-corrected chi connectivity index (χ2v) is 8.08. The van der Waals surface area contributed by atoms with E-state index < -0.39 is 30.2 Å². The third kappa shape index (κ3) is 4.51. The van der Waals surface area contributed by atoms with Crippen molar-refractivity contribution in [2.24, 2.45) is 7.05 Å². The van der Waals surface area contributed by atoms with Crippen LogP contribution in [-0.2, 0) is 26.2 Å². The fourth-order valence-corrected chi connectivity index (χ4v) is 3.99. The lowest BCUT2D eigenvalue weighted by Crippen LogP contribution is -2.29. The molecule has 0 aliphatic heterocycles. The van der Waals surface area contributed by atoms with Gasteiger partial charge in [0.1, 0.15) is 11.3 Å². The normalized spacial score (nSPS) is 13.2. The van der Waals surface area contributed by atoms with Crippen LogP contribution in [-0.4, -0.2) is 35.1 Å². The predicted molar refractivity (Wildman–Crippen MR) is 115 cm³/mol. The maximum absolute atomic E-state index is 14.3. The van der Waals surface area contributed by atoms with E-state index in [1.807, 2.05) is 6.92 Å². The van der Waals surface area contributed by atoms with Gasteiger partial charge >= 0.3 is 6.18 Å². The standard InChI is InChI=1S/C21H18ClF6N7/c1-3-11-6-10(4-5-12(11)17-31-14(9-33(17)2)21(26,27)28)8-34-18-13(7-30-19(22)32-18)35(20(34)29)16(25)15(23)24/h4-7,9,15-16,29H,3,8H2,1-2H3. The molecular formula is C21H18ClF6N7. The van der Waals surface area contributed by atoms with Crippen LogP contribution in [0.3, 0.4) is 0 Å². The van der Waals surface area contributed by atoms with Gasteiger partial charge in [0.05, 0.1) is 12.7 Å². The SMILES string of the molecule is CCc1cc(Cn2c(=N)n(C(F)C(F)F)c3cnc(Cl)nc32)ccc1-c1nc(C(F)(F)F)cn1C. The maximum atomic E-state index is 14.3. The quantitative estimate of drug-likeness (QED) is 0.284.